The number of hydrogen-bond acceptors (Lipinski definition) is 5. The first-order chi connectivity index (χ1) is 12.7. The number of benzene rings is 2. The van der Waals surface area contributed by atoms with Gasteiger partial charge >= 0.3 is 0 Å². The number of nitrogens with zero attached hydrogens (tertiary/aromatic N) is 3. The molecule has 5 nitrogen and oxygen atoms in total. The molecule has 0 fully saturated rings. The molecule has 0 saturated carbocycles. The van der Waals surface area contributed by atoms with E-state index in [0.29, 0.717) is 17.2 Å². The molecule has 1 unspecified atom stereocenters. The first-order valence-corrected chi connectivity index (χ1v) is 8.21. The van der Waals surface area contributed by atoms with Crippen molar-refractivity contribution < 1.29 is 4.42 Å². The maximum absolute atomic E-state index is 8.39. The van der Waals surface area contributed by atoms with Crippen molar-refractivity contribution in [3.63, 3.8) is 0 Å². The quantitative estimate of drug-likeness (QED) is 0.767. The molecular weight excluding hydrogens is 324 g/mol. The summed E-state index contributed by atoms with van der Waals surface area (Å²) in [6, 6.07) is 19.2. The molecule has 0 radical (unpaired) electrons. The minimum Gasteiger partial charge on any atom is -0.415 e. The van der Waals surface area contributed by atoms with E-state index in [0.717, 1.165) is 11.1 Å². The minimum absolute atomic E-state index is 0.183. The lowest BCUT2D eigenvalue weighted by atomic mass is 10.1. The molecule has 0 saturated heterocycles. The van der Waals surface area contributed by atoms with Crippen molar-refractivity contribution >= 4 is 11.4 Å². The summed E-state index contributed by atoms with van der Waals surface area (Å²) in [6.45, 7) is 3.94. The van der Waals surface area contributed by atoms with Gasteiger partial charge in [-0.25, -0.2) is 0 Å². The van der Waals surface area contributed by atoms with Gasteiger partial charge in [0.25, 0.3) is 5.89 Å². The molecule has 2 aromatic carbocycles. The Labute approximate surface area is 150 Å². The topological polar surface area (TPSA) is 75.1 Å². The van der Waals surface area contributed by atoms with Gasteiger partial charge in [0.1, 0.15) is 5.71 Å². The third kappa shape index (κ3) is 3.02. The van der Waals surface area contributed by atoms with E-state index in [1.54, 1.807) is 0 Å². The molecule has 4 rings (SSSR count). The molecule has 26 heavy (non-hydrogen) atoms. The van der Waals surface area contributed by atoms with E-state index in [1.165, 1.54) is 0 Å². The Hall–Kier alpha value is -3.60. The van der Waals surface area contributed by atoms with Crippen LogP contribution in [0.2, 0.25) is 0 Å². The number of aliphatic imine (C=N–C) groups is 1. The van der Waals surface area contributed by atoms with Gasteiger partial charge in [0.05, 0.1) is 11.8 Å². The van der Waals surface area contributed by atoms with E-state index >= 15 is 0 Å². The van der Waals surface area contributed by atoms with Gasteiger partial charge in [-0.3, -0.25) is 10.4 Å². The molecule has 2 heterocycles. The third-order valence-electron chi connectivity index (χ3n) is 4.10. The van der Waals surface area contributed by atoms with Gasteiger partial charge in [-0.2, -0.15) is 0 Å². The SMILES string of the molecule is C=C1C=CC(c2ccccc2)N=C(c2nnc(-c3ccccc3)o2)C1=N. The van der Waals surface area contributed by atoms with Crippen molar-refractivity contribution in [1.82, 2.24) is 10.2 Å². The largest absolute Gasteiger partial charge is 0.415 e. The molecule has 1 aliphatic rings. The monoisotopic (exact) mass is 340 g/mol. The molecule has 5 heteroatoms. The van der Waals surface area contributed by atoms with Crippen LogP contribution < -0.4 is 0 Å². The fraction of sp³-hybridized carbons (Fsp3) is 0.0476. The lowest BCUT2D eigenvalue weighted by Gasteiger charge is -2.08. The second-order valence-corrected chi connectivity index (χ2v) is 5.87. The number of hydrogen-bond donors (Lipinski definition) is 1. The average molecular weight is 340 g/mol. The van der Waals surface area contributed by atoms with Crippen LogP contribution in [0.25, 0.3) is 11.5 Å². The van der Waals surface area contributed by atoms with E-state index in [9.17, 15) is 0 Å². The lowest BCUT2D eigenvalue weighted by molar-refractivity contribution is 0.558. The van der Waals surface area contributed by atoms with Crippen LogP contribution in [0, 0.1) is 5.41 Å². The van der Waals surface area contributed by atoms with Crippen LogP contribution in [0.1, 0.15) is 17.5 Å². The summed E-state index contributed by atoms with van der Waals surface area (Å²) < 4.78 is 5.80. The number of allylic oxidation sites excluding steroid dienone is 2. The zero-order chi connectivity index (χ0) is 17.9. The van der Waals surface area contributed by atoms with Crippen molar-refractivity contribution in [2.45, 2.75) is 6.04 Å². The van der Waals surface area contributed by atoms with Gasteiger partial charge in [0.15, 0.2) is 0 Å². The normalized spacial score (nSPS) is 17.1. The summed E-state index contributed by atoms with van der Waals surface area (Å²) >= 11 is 0. The molecule has 3 aromatic rings. The Bertz CT molecular complexity index is 1020. The first kappa shape index (κ1) is 15.9. The maximum Gasteiger partial charge on any atom is 0.268 e. The first-order valence-electron chi connectivity index (χ1n) is 8.21. The number of rotatable bonds is 3. The highest BCUT2D eigenvalue weighted by atomic mass is 16.4. The molecule has 0 amide bonds. The summed E-state index contributed by atoms with van der Waals surface area (Å²) in [7, 11) is 0. The van der Waals surface area contributed by atoms with Crippen molar-refractivity contribution in [2.75, 3.05) is 0 Å². The molecule has 0 aliphatic carbocycles. The zero-order valence-electron chi connectivity index (χ0n) is 14.0. The van der Waals surface area contributed by atoms with Crippen LogP contribution in [0.3, 0.4) is 0 Å². The molecule has 1 aromatic heterocycles. The Morgan fingerprint density at radius 3 is 2.27 bits per heavy atom. The van der Waals surface area contributed by atoms with Crippen LogP contribution in [-0.2, 0) is 0 Å². The van der Waals surface area contributed by atoms with E-state index < -0.39 is 0 Å². The van der Waals surface area contributed by atoms with Crippen molar-refractivity contribution in [3.05, 3.63) is 96.4 Å². The average Bonchev–Trinajstić information content (AvgIpc) is 3.13. The van der Waals surface area contributed by atoms with Crippen molar-refractivity contribution in [3.8, 4) is 11.5 Å². The Morgan fingerprint density at radius 1 is 0.885 bits per heavy atom. The van der Waals surface area contributed by atoms with Gasteiger partial charge in [0, 0.05) is 5.56 Å². The zero-order valence-corrected chi connectivity index (χ0v) is 14.0. The van der Waals surface area contributed by atoms with Crippen LogP contribution in [0.15, 0.2) is 94.4 Å². The van der Waals surface area contributed by atoms with Crippen LogP contribution in [0.5, 0.6) is 0 Å². The van der Waals surface area contributed by atoms with Crippen LogP contribution in [-0.4, -0.2) is 21.6 Å². The summed E-state index contributed by atoms with van der Waals surface area (Å²) in [4.78, 5) is 4.70. The second kappa shape index (κ2) is 6.72. The van der Waals surface area contributed by atoms with Gasteiger partial charge < -0.3 is 4.42 Å². The highest BCUT2D eigenvalue weighted by Gasteiger charge is 2.23. The summed E-state index contributed by atoms with van der Waals surface area (Å²) in [5, 5.41) is 16.6. The fourth-order valence-electron chi connectivity index (χ4n) is 2.70. The van der Waals surface area contributed by atoms with Gasteiger partial charge in [-0.1, -0.05) is 67.3 Å². The molecule has 1 atom stereocenters. The number of nitrogens with one attached hydrogen (secondary N) is 1. The van der Waals surface area contributed by atoms with E-state index in [4.69, 9.17) is 14.8 Å². The predicted octanol–water partition coefficient (Wildman–Crippen LogP) is 4.41. The molecule has 1 aliphatic heterocycles. The highest BCUT2D eigenvalue weighted by Crippen LogP contribution is 2.25. The Kier molecular flexibility index (Phi) is 4.11. The van der Waals surface area contributed by atoms with Crippen LogP contribution in [0.4, 0.5) is 0 Å². The Balaban J connectivity index is 1.76. The molecule has 1 N–H and O–H groups in total. The standard InChI is InChI=1S/C21H16N4O/c1-14-12-13-17(15-8-4-2-5-9-15)23-19(18(14)22)21-25-24-20(26-21)16-10-6-3-7-11-16/h2-13,17,22H,1H2. The number of aromatic nitrogens is 2. The van der Waals surface area contributed by atoms with E-state index in [2.05, 4.69) is 16.8 Å². The summed E-state index contributed by atoms with van der Waals surface area (Å²) in [5.74, 6) is 0.620. The van der Waals surface area contributed by atoms with E-state index in [-0.39, 0.29) is 17.6 Å². The molecule has 126 valence electrons. The summed E-state index contributed by atoms with van der Waals surface area (Å²) in [6.07, 6.45) is 3.73. The highest BCUT2D eigenvalue weighted by molar-refractivity contribution is 6.52. The van der Waals surface area contributed by atoms with Gasteiger partial charge in [0.2, 0.25) is 5.89 Å². The predicted molar refractivity (Wildman–Crippen MR) is 101 cm³/mol. The van der Waals surface area contributed by atoms with Crippen molar-refractivity contribution in [1.29, 1.82) is 5.41 Å². The van der Waals surface area contributed by atoms with Crippen LogP contribution >= 0.6 is 0 Å². The maximum atomic E-state index is 8.39. The fourth-order valence-corrected chi connectivity index (χ4v) is 2.70. The van der Waals surface area contributed by atoms with Gasteiger partial charge in [-0.05, 0) is 23.3 Å². The third-order valence-corrected chi connectivity index (χ3v) is 4.10. The smallest absolute Gasteiger partial charge is 0.268 e. The summed E-state index contributed by atoms with van der Waals surface area (Å²) in [5.41, 5.74) is 2.93. The lowest BCUT2D eigenvalue weighted by Crippen LogP contribution is -2.16. The van der Waals surface area contributed by atoms with E-state index in [1.807, 2.05) is 72.8 Å². The molecular formula is C21H16N4O. The van der Waals surface area contributed by atoms with Gasteiger partial charge in [-0.15, -0.1) is 10.2 Å². The minimum atomic E-state index is -0.238. The second-order valence-electron chi connectivity index (χ2n) is 5.87. The molecule has 0 spiro atoms. The van der Waals surface area contributed by atoms with Crippen molar-refractivity contribution in [2.24, 2.45) is 4.99 Å². The Morgan fingerprint density at radius 2 is 1.54 bits per heavy atom. The molecule has 0 bridgehead atoms.